The van der Waals surface area contributed by atoms with E-state index in [9.17, 15) is 14.9 Å². The summed E-state index contributed by atoms with van der Waals surface area (Å²) in [6.45, 7) is 3.97. The molecule has 2 heterocycles. The number of nitriles is 1. The maximum Gasteiger partial charge on any atom is 0.271 e. The molecular formula is C24H22ClN5O2. The van der Waals surface area contributed by atoms with Crippen molar-refractivity contribution in [3.63, 3.8) is 0 Å². The Kier molecular flexibility index (Phi) is 5.49. The van der Waals surface area contributed by atoms with Gasteiger partial charge >= 0.3 is 0 Å². The molecule has 1 aliphatic heterocycles. The van der Waals surface area contributed by atoms with Crippen molar-refractivity contribution >= 4 is 23.3 Å². The molecule has 8 heteroatoms. The first-order valence-corrected chi connectivity index (χ1v) is 10.5. The minimum Gasteiger partial charge on any atom is -0.383 e. The van der Waals surface area contributed by atoms with Crippen molar-refractivity contribution in [3.8, 4) is 6.07 Å². The first-order valence-electron chi connectivity index (χ1n) is 10.1. The van der Waals surface area contributed by atoms with Crippen molar-refractivity contribution in [3.05, 3.63) is 87.6 Å². The van der Waals surface area contributed by atoms with E-state index in [1.54, 1.807) is 42.6 Å². The predicted octanol–water partition coefficient (Wildman–Crippen LogP) is 3.82. The van der Waals surface area contributed by atoms with Gasteiger partial charge in [0.2, 0.25) is 0 Å². The third-order valence-electron chi connectivity index (χ3n) is 5.73. The van der Waals surface area contributed by atoms with Crippen LogP contribution >= 0.6 is 11.6 Å². The molecule has 1 atom stereocenters. The number of benzene rings is 1. The van der Waals surface area contributed by atoms with Crippen molar-refractivity contribution in [1.82, 2.24) is 15.4 Å². The second-order valence-electron chi connectivity index (χ2n) is 8.68. The number of halogens is 1. The average Bonchev–Trinajstić information content (AvgIpc) is 2.75. The summed E-state index contributed by atoms with van der Waals surface area (Å²) in [5, 5.41) is 11.8. The summed E-state index contributed by atoms with van der Waals surface area (Å²) < 4.78 is 0. The largest absolute Gasteiger partial charge is 0.383 e. The molecular weight excluding hydrogens is 426 g/mol. The highest BCUT2D eigenvalue weighted by Gasteiger charge is 2.45. The number of hydrogen-bond donors (Lipinski definition) is 2. The van der Waals surface area contributed by atoms with Crippen LogP contribution in [-0.4, -0.2) is 21.7 Å². The second-order valence-corrected chi connectivity index (χ2v) is 9.09. The molecule has 0 fully saturated rings. The summed E-state index contributed by atoms with van der Waals surface area (Å²) in [5.41, 5.74) is 11.0. The Hall–Kier alpha value is -3.63. The molecule has 2 aliphatic rings. The molecule has 0 saturated carbocycles. The smallest absolute Gasteiger partial charge is 0.271 e. The predicted molar refractivity (Wildman–Crippen MR) is 120 cm³/mol. The zero-order valence-corrected chi connectivity index (χ0v) is 18.5. The van der Waals surface area contributed by atoms with Crippen LogP contribution < -0.4 is 11.2 Å². The maximum absolute atomic E-state index is 13.4. The molecule has 162 valence electrons. The lowest BCUT2D eigenvalue weighted by atomic mass is 9.69. The van der Waals surface area contributed by atoms with Gasteiger partial charge in [0.05, 0.1) is 28.8 Å². The molecule has 7 nitrogen and oxygen atoms in total. The van der Waals surface area contributed by atoms with Gasteiger partial charge in [0.15, 0.2) is 5.78 Å². The minimum absolute atomic E-state index is 0.0684. The van der Waals surface area contributed by atoms with E-state index in [0.29, 0.717) is 40.3 Å². The number of aromatic nitrogens is 1. The van der Waals surface area contributed by atoms with Gasteiger partial charge in [-0.2, -0.15) is 5.26 Å². The highest BCUT2D eigenvalue weighted by Crippen LogP contribution is 2.49. The van der Waals surface area contributed by atoms with Crippen molar-refractivity contribution < 1.29 is 9.59 Å². The van der Waals surface area contributed by atoms with Gasteiger partial charge < -0.3 is 5.73 Å². The zero-order valence-electron chi connectivity index (χ0n) is 17.7. The highest BCUT2D eigenvalue weighted by atomic mass is 35.5. The van der Waals surface area contributed by atoms with Crippen molar-refractivity contribution in [2.75, 3.05) is 0 Å². The Morgan fingerprint density at radius 2 is 2.03 bits per heavy atom. The molecule has 0 spiro atoms. The van der Waals surface area contributed by atoms with Gasteiger partial charge in [-0.25, -0.2) is 5.01 Å². The summed E-state index contributed by atoms with van der Waals surface area (Å²) in [6.07, 6.45) is 3.80. The molecule has 1 aromatic carbocycles. The summed E-state index contributed by atoms with van der Waals surface area (Å²) in [4.78, 5) is 30.3. The number of pyridine rings is 1. The standard InChI is InChI=1S/C24H22ClN5O2/c1-24(2)10-18-21(19(31)11-24)20(15-7-3-4-8-17(15)25)16(12-26)22(27)30(18)29-23(32)14-6-5-9-28-13-14/h3-9,13,20H,10-11,27H2,1-2H3,(H,29,32). The normalized spacial score (nSPS) is 20.0. The van der Waals surface area contributed by atoms with Crippen molar-refractivity contribution in [1.29, 1.82) is 5.26 Å². The third kappa shape index (κ3) is 3.74. The minimum atomic E-state index is -0.696. The van der Waals surface area contributed by atoms with E-state index < -0.39 is 11.8 Å². The van der Waals surface area contributed by atoms with Gasteiger partial charge in [0.1, 0.15) is 5.82 Å². The van der Waals surface area contributed by atoms with E-state index in [2.05, 4.69) is 16.5 Å². The first kappa shape index (κ1) is 21.6. The van der Waals surface area contributed by atoms with Gasteiger partial charge in [-0.1, -0.05) is 43.6 Å². The molecule has 0 saturated heterocycles. The number of nitrogens with zero attached hydrogens (tertiary/aromatic N) is 3. The number of hydrazine groups is 1. The molecule has 3 N–H and O–H groups in total. The first-order chi connectivity index (χ1) is 15.2. The summed E-state index contributed by atoms with van der Waals surface area (Å²) in [5.74, 6) is -1.17. The molecule has 2 aromatic rings. The monoisotopic (exact) mass is 447 g/mol. The van der Waals surface area contributed by atoms with Crippen LogP contribution in [-0.2, 0) is 4.79 Å². The van der Waals surface area contributed by atoms with Crippen LogP contribution in [0.4, 0.5) is 0 Å². The summed E-state index contributed by atoms with van der Waals surface area (Å²) in [6, 6.07) is 12.5. The third-order valence-corrected chi connectivity index (χ3v) is 6.08. The number of nitrogens with one attached hydrogen (secondary N) is 1. The second kappa shape index (κ2) is 8.13. The van der Waals surface area contributed by atoms with Crippen LogP contribution in [0.5, 0.6) is 0 Å². The van der Waals surface area contributed by atoms with Crippen LogP contribution in [0.15, 0.2) is 71.5 Å². The van der Waals surface area contributed by atoms with E-state index in [0.717, 1.165) is 0 Å². The molecule has 4 rings (SSSR count). The number of nitrogens with two attached hydrogens (primary N) is 1. The Morgan fingerprint density at radius 1 is 1.28 bits per heavy atom. The number of Topliss-reactive ketones (excluding diaryl/α,β-unsaturated/α-hetero) is 1. The van der Waals surface area contributed by atoms with E-state index in [4.69, 9.17) is 17.3 Å². The fourth-order valence-electron chi connectivity index (χ4n) is 4.32. The lowest BCUT2D eigenvalue weighted by Gasteiger charge is -2.43. The van der Waals surface area contributed by atoms with Gasteiger partial charge in [-0.3, -0.25) is 20.0 Å². The van der Waals surface area contributed by atoms with Gasteiger partial charge in [-0.05, 0) is 35.6 Å². The van der Waals surface area contributed by atoms with Crippen LogP contribution in [0.1, 0.15) is 48.5 Å². The molecule has 1 aromatic heterocycles. The molecule has 1 unspecified atom stereocenters. The number of allylic oxidation sites excluding steroid dienone is 3. The van der Waals surface area contributed by atoms with Crippen molar-refractivity contribution in [2.45, 2.75) is 32.6 Å². The molecule has 0 bridgehead atoms. The number of ketones is 1. The molecule has 0 radical (unpaired) electrons. The number of hydrogen-bond acceptors (Lipinski definition) is 6. The topological polar surface area (TPSA) is 112 Å². The van der Waals surface area contributed by atoms with Gasteiger partial charge in [-0.15, -0.1) is 0 Å². The van der Waals surface area contributed by atoms with Gasteiger partial charge in [0.25, 0.3) is 5.91 Å². The summed E-state index contributed by atoms with van der Waals surface area (Å²) >= 11 is 6.47. The van der Waals surface area contributed by atoms with E-state index in [1.807, 2.05) is 13.8 Å². The SMILES string of the molecule is CC1(C)CC(=O)C2=C(C1)N(NC(=O)c1cccnc1)C(N)=C(C#N)C2c1ccccc1Cl. The number of carbonyl (C=O) groups excluding carboxylic acids is 2. The Morgan fingerprint density at radius 3 is 2.69 bits per heavy atom. The van der Waals surface area contributed by atoms with E-state index in [1.165, 1.54) is 11.2 Å². The quantitative estimate of drug-likeness (QED) is 0.739. The Balaban J connectivity index is 1.89. The summed E-state index contributed by atoms with van der Waals surface area (Å²) in [7, 11) is 0. The Bertz CT molecular complexity index is 1210. The fourth-order valence-corrected chi connectivity index (χ4v) is 4.56. The van der Waals surface area contributed by atoms with Crippen LogP contribution in [0, 0.1) is 16.7 Å². The molecule has 32 heavy (non-hydrogen) atoms. The highest BCUT2D eigenvalue weighted by molar-refractivity contribution is 6.31. The van der Waals surface area contributed by atoms with Crippen LogP contribution in [0.2, 0.25) is 5.02 Å². The van der Waals surface area contributed by atoms with Crippen LogP contribution in [0.3, 0.4) is 0 Å². The maximum atomic E-state index is 13.4. The zero-order chi connectivity index (χ0) is 23.0. The lowest BCUT2D eigenvalue weighted by molar-refractivity contribution is -0.118. The molecule has 1 amide bonds. The Labute approximate surface area is 191 Å². The van der Waals surface area contributed by atoms with Gasteiger partial charge in [0, 0.05) is 29.4 Å². The number of amides is 1. The average molecular weight is 448 g/mol. The van der Waals surface area contributed by atoms with Crippen molar-refractivity contribution in [2.24, 2.45) is 11.1 Å². The number of carbonyl (C=O) groups is 2. The lowest BCUT2D eigenvalue weighted by Crippen LogP contribution is -2.49. The van der Waals surface area contributed by atoms with E-state index >= 15 is 0 Å². The van der Waals surface area contributed by atoms with E-state index in [-0.39, 0.29) is 22.6 Å². The van der Waals surface area contributed by atoms with Crippen LogP contribution in [0.25, 0.3) is 0 Å². The molecule has 1 aliphatic carbocycles. The fraction of sp³-hybridized carbons (Fsp3) is 0.250. The number of rotatable bonds is 3.